The molecule has 1 fully saturated rings. The summed E-state index contributed by atoms with van der Waals surface area (Å²) >= 11 is 0. The van der Waals surface area contributed by atoms with Gasteiger partial charge < -0.3 is 15.1 Å². The number of aryl methyl sites for hydroxylation is 2. The Balaban J connectivity index is 1.31. The fraction of sp³-hybridized carbons (Fsp3) is 0.261. The van der Waals surface area contributed by atoms with Crippen molar-refractivity contribution in [3.8, 4) is 11.4 Å². The van der Waals surface area contributed by atoms with Gasteiger partial charge in [0.15, 0.2) is 11.7 Å². The number of fused-ring (bicyclic) bond motifs is 3. The Morgan fingerprint density at radius 2 is 2.15 bits per heavy atom. The Bertz CT molecular complexity index is 1450. The molecule has 0 spiro atoms. The first-order valence-electron chi connectivity index (χ1n) is 10.7. The van der Waals surface area contributed by atoms with Crippen LogP contribution in [0.1, 0.15) is 40.5 Å². The van der Waals surface area contributed by atoms with Crippen LogP contribution in [0.4, 0.5) is 10.1 Å². The molecule has 2 aliphatic heterocycles. The van der Waals surface area contributed by atoms with Crippen LogP contribution in [-0.2, 0) is 0 Å². The van der Waals surface area contributed by atoms with Gasteiger partial charge in [-0.1, -0.05) is 6.08 Å². The summed E-state index contributed by atoms with van der Waals surface area (Å²) in [5.74, 6) is 0.0936. The molecule has 33 heavy (non-hydrogen) atoms. The summed E-state index contributed by atoms with van der Waals surface area (Å²) in [6.07, 6.45) is 8.13. The molecule has 2 atom stereocenters. The minimum atomic E-state index is -0.504. The summed E-state index contributed by atoms with van der Waals surface area (Å²) in [5, 5.41) is 10.7. The molecule has 0 radical (unpaired) electrons. The average Bonchev–Trinajstić information content (AvgIpc) is 3.57. The summed E-state index contributed by atoms with van der Waals surface area (Å²) in [7, 11) is 0. The standard InChI is InChI=1S/C23H20FN7O2/c1-11-20(33-12(2)26-11)22(32)28-15-3-5-18(24)17(8-15)21-29-23-25-9-13(10-31(23)30-21)16-7-14-4-6-19(16)27-14/h3,5,7-10,14,19,27H,4,6H2,1-2H3,(H,28,32). The van der Waals surface area contributed by atoms with Crippen LogP contribution in [-0.4, -0.2) is 42.6 Å². The van der Waals surface area contributed by atoms with Gasteiger partial charge in [0, 0.05) is 42.7 Å². The number of carbonyl (C=O) groups excluding carboxylic acids is 1. The Labute approximate surface area is 187 Å². The van der Waals surface area contributed by atoms with E-state index in [2.05, 4.69) is 36.8 Å². The van der Waals surface area contributed by atoms with Gasteiger partial charge in [-0.2, -0.15) is 4.98 Å². The molecular weight excluding hydrogens is 425 g/mol. The fourth-order valence-corrected chi connectivity index (χ4v) is 4.53. The van der Waals surface area contributed by atoms with E-state index in [-0.39, 0.29) is 17.1 Å². The molecule has 6 rings (SSSR count). The third-order valence-corrected chi connectivity index (χ3v) is 6.04. The molecule has 1 aromatic carbocycles. The summed E-state index contributed by atoms with van der Waals surface area (Å²) in [5.41, 5.74) is 3.21. The lowest BCUT2D eigenvalue weighted by molar-refractivity contribution is 0.0994. The molecule has 4 aromatic rings. The molecule has 2 bridgehead atoms. The van der Waals surface area contributed by atoms with Crippen LogP contribution in [0, 0.1) is 19.7 Å². The fourth-order valence-electron chi connectivity index (χ4n) is 4.53. The molecule has 1 amide bonds. The zero-order valence-electron chi connectivity index (χ0n) is 18.0. The second-order valence-electron chi connectivity index (χ2n) is 8.34. The maximum absolute atomic E-state index is 14.7. The number of anilines is 1. The topological polar surface area (TPSA) is 110 Å². The molecule has 1 saturated heterocycles. The highest BCUT2D eigenvalue weighted by molar-refractivity contribution is 6.03. The van der Waals surface area contributed by atoms with E-state index >= 15 is 0 Å². The second kappa shape index (κ2) is 7.31. The first-order valence-corrected chi connectivity index (χ1v) is 10.7. The van der Waals surface area contributed by atoms with Gasteiger partial charge in [0.1, 0.15) is 5.82 Å². The lowest BCUT2D eigenvalue weighted by Crippen LogP contribution is -2.21. The number of hydrogen-bond acceptors (Lipinski definition) is 7. The minimum absolute atomic E-state index is 0.116. The smallest absolute Gasteiger partial charge is 0.293 e. The van der Waals surface area contributed by atoms with Crippen molar-refractivity contribution in [1.29, 1.82) is 0 Å². The van der Waals surface area contributed by atoms with Crippen LogP contribution in [0.3, 0.4) is 0 Å². The highest BCUT2D eigenvalue weighted by Crippen LogP contribution is 2.34. The number of hydrogen-bond donors (Lipinski definition) is 2. The van der Waals surface area contributed by atoms with E-state index < -0.39 is 11.7 Å². The average molecular weight is 445 g/mol. The van der Waals surface area contributed by atoms with Crippen LogP contribution in [0.5, 0.6) is 0 Å². The van der Waals surface area contributed by atoms with Crippen molar-refractivity contribution in [3.05, 3.63) is 65.4 Å². The molecular formula is C23H20FN7O2. The molecule has 2 aliphatic rings. The lowest BCUT2D eigenvalue weighted by atomic mass is 9.95. The van der Waals surface area contributed by atoms with Crippen LogP contribution in [0.2, 0.25) is 0 Å². The molecule has 2 N–H and O–H groups in total. The Morgan fingerprint density at radius 3 is 2.88 bits per heavy atom. The molecule has 166 valence electrons. The molecule has 10 heteroatoms. The van der Waals surface area contributed by atoms with Gasteiger partial charge in [-0.05, 0) is 43.5 Å². The number of aromatic nitrogens is 5. The SMILES string of the molecule is Cc1nc(C)c(C(=O)Nc2ccc(F)c(-c3nc4ncc(C5=CC6CCC5N6)cn4n3)c2)o1. The molecule has 0 saturated carbocycles. The number of oxazole rings is 1. The van der Waals surface area contributed by atoms with Crippen molar-refractivity contribution in [2.45, 2.75) is 38.8 Å². The number of nitrogens with one attached hydrogen (secondary N) is 2. The normalized spacial score (nSPS) is 19.3. The predicted octanol–water partition coefficient (Wildman–Crippen LogP) is 3.31. The van der Waals surface area contributed by atoms with Gasteiger partial charge in [0.05, 0.1) is 11.3 Å². The van der Waals surface area contributed by atoms with Crippen LogP contribution >= 0.6 is 0 Å². The van der Waals surface area contributed by atoms with Gasteiger partial charge in [0.2, 0.25) is 5.76 Å². The first-order chi connectivity index (χ1) is 15.9. The van der Waals surface area contributed by atoms with Gasteiger partial charge in [-0.15, -0.1) is 5.10 Å². The number of nitrogens with zero attached hydrogens (tertiary/aromatic N) is 5. The van der Waals surface area contributed by atoms with Crippen LogP contribution < -0.4 is 10.6 Å². The van der Waals surface area contributed by atoms with Crippen molar-refractivity contribution in [1.82, 2.24) is 29.9 Å². The summed E-state index contributed by atoms with van der Waals surface area (Å²) in [6.45, 7) is 3.35. The van der Waals surface area contributed by atoms with E-state index in [1.807, 2.05) is 6.20 Å². The summed E-state index contributed by atoms with van der Waals surface area (Å²) in [6, 6.07) is 4.98. The third kappa shape index (κ3) is 3.39. The number of halogens is 1. The van der Waals surface area contributed by atoms with E-state index in [1.54, 1.807) is 24.6 Å². The van der Waals surface area contributed by atoms with Gasteiger partial charge in [0.25, 0.3) is 11.7 Å². The number of carbonyl (C=O) groups is 1. The van der Waals surface area contributed by atoms with Gasteiger partial charge in [-0.25, -0.2) is 18.9 Å². The Hall–Kier alpha value is -3.92. The van der Waals surface area contributed by atoms with E-state index in [0.717, 1.165) is 18.4 Å². The maximum Gasteiger partial charge on any atom is 0.293 e. The molecule has 2 unspecified atom stereocenters. The Morgan fingerprint density at radius 1 is 1.27 bits per heavy atom. The molecule has 5 heterocycles. The highest BCUT2D eigenvalue weighted by Gasteiger charge is 2.32. The quantitative estimate of drug-likeness (QED) is 0.496. The second-order valence-corrected chi connectivity index (χ2v) is 8.34. The van der Waals surface area contributed by atoms with Crippen molar-refractivity contribution in [2.24, 2.45) is 0 Å². The van der Waals surface area contributed by atoms with Crippen LogP contribution in [0.15, 0.2) is 41.1 Å². The molecule has 3 aromatic heterocycles. The van der Waals surface area contributed by atoms with Crippen LogP contribution in [0.25, 0.3) is 22.7 Å². The predicted molar refractivity (Wildman–Crippen MR) is 118 cm³/mol. The zero-order chi connectivity index (χ0) is 22.7. The van der Waals surface area contributed by atoms with Crippen molar-refractivity contribution in [2.75, 3.05) is 5.32 Å². The summed E-state index contributed by atoms with van der Waals surface area (Å²) in [4.78, 5) is 25.4. The van der Waals surface area contributed by atoms with Gasteiger partial charge in [-0.3, -0.25) is 4.79 Å². The first kappa shape index (κ1) is 19.7. The van der Waals surface area contributed by atoms with E-state index in [0.29, 0.717) is 35.1 Å². The van der Waals surface area contributed by atoms with Crippen molar-refractivity contribution < 1.29 is 13.6 Å². The van der Waals surface area contributed by atoms with Crippen molar-refractivity contribution in [3.63, 3.8) is 0 Å². The van der Waals surface area contributed by atoms with Gasteiger partial charge >= 0.3 is 0 Å². The monoisotopic (exact) mass is 445 g/mol. The van der Waals surface area contributed by atoms with E-state index in [9.17, 15) is 9.18 Å². The number of rotatable bonds is 4. The molecule has 9 nitrogen and oxygen atoms in total. The molecule has 0 aliphatic carbocycles. The summed E-state index contributed by atoms with van der Waals surface area (Å²) < 4.78 is 21.6. The maximum atomic E-state index is 14.7. The number of benzene rings is 1. The third-order valence-electron chi connectivity index (χ3n) is 6.04. The number of amides is 1. The zero-order valence-corrected chi connectivity index (χ0v) is 18.0. The largest absolute Gasteiger partial charge is 0.436 e. The van der Waals surface area contributed by atoms with E-state index in [4.69, 9.17) is 4.42 Å². The van der Waals surface area contributed by atoms with Crippen molar-refractivity contribution >= 4 is 22.9 Å². The lowest BCUT2D eigenvalue weighted by Gasteiger charge is -2.11. The van der Waals surface area contributed by atoms with E-state index in [1.165, 1.54) is 23.8 Å². The highest BCUT2D eigenvalue weighted by atomic mass is 19.1. The minimum Gasteiger partial charge on any atom is -0.436 e. The Kier molecular flexibility index (Phi) is 4.37.